The quantitative estimate of drug-likeness (QED) is 0.543. The highest BCUT2D eigenvalue weighted by molar-refractivity contribution is 6.34. The van der Waals surface area contributed by atoms with Crippen LogP contribution in [0.4, 0.5) is 30.6 Å². The molecule has 1 aromatic carbocycles. The molecule has 1 aliphatic rings. The number of hydrogen-bond acceptors (Lipinski definition) is 6. The van der Waals surface area contributed by atoms with Gasteiger partial charge in [-0.1, -0.05) is 11.6 Å². The topological polar surface area (TPSA) is 95.2 Å². The number of ether oxygens (including phenoxy) is 1. The van der Waals surface area contributed by atoms with Gasteiger partial charge in [0.2, 0.25) is 5.95 Å². The minimum Gasteiger partial charge on any atom is -0.378 e. The van der Waals surface area contributed by atoms with Crippen LogP contribution in [-0.4, -0.2) is 64.8 Å². The van der Waals surface area contributed by atoms with E-state index < -0.39 is 12.7 Å². The van der Waals surface area contributed by atoms with Gasteiger partial charge in [-0.3, -0.25) is 4.79 Å². The lowest BCUT2D eigenvalue weighted by Gasteiger charge is -2.27. The fraction of sp³-hybridized carbons (Fsp3) is 0.316. The first-order valence-electron chi connectivity index (χ1n) is 9.39. The van der Waals surface area contributed by atoms with Gasteiger partial charge in [0.25, 0.3) is 5.91 Å². The molecular formula is C19H18ClF3N6O2. The molecule has 12 heteroatoms. The van der Waals surface area contributed by atoms with Gasteiger partial charge in [-0.05, 0) is 24.3 Å². The zero-order chi connectivity index (χ0) is 22.0. The van der Waals surface area contributed by atoms with E-state index in [1.165, 1.54) is 0 Å². The molecule has 1 fully saturated rings. The number of rotatable bonds is 5. The van der Waals surface area contributed by atoms with Crippen molar-refractivity contribution in [2.45, 2.75) is 6.18 Å². The van der Waals surface area contributed by atoms with Crippen LogP contribution < -0.4 is 10.6 Å². The molecule has 0 unspecified atom stereocenters. The van der Waals surface area contributed by atoms with Gasteiger partial charge in [0.05, 0.1) is 29.2 Å². The Morgan fingerprint density at radius 2 is 2.00 bits per heavy atom. The fourth-order valence-corrected chi connectivity index (χ4v) is 3.41. The number of aromatic nitrogens is 3. The normalized spacial score (nSPS) is 14.6. The number of carbonyl (C=O) groups is 1. The van der Waals surface area contributed by atoms with E-state index in [-0.39, 0.29) is 22.7 Å². The van der Waals surface area contributed by atoms with Crippen LogP contribution in [0, 0.1) is 0 Å². The van der Waals surface area contributed by atoms with Gasteiger partial charge in [-0.15, -0.1) is 0 Å². The van der Waals surface area contributed by atoms with Crippen molar-refractivity contribution in [3.05, 3.63) is 41.0 Å². The van der Waals surface area contributed by atoms with Crippen LogP contribution in [0.25, 0.3) is 11.0 Å². The highest BCUT2D eigenvalue weighted by Gasteiger charge is 2.27. The Balaban J connectivity index is 1.54. The van der Waals surface area contributed by atoms with Crippen LogP contribution in [-0.2, 0) is 4.74 Å². The summed E-state index contributed by atoms with van der Waals surface area (Å²) < 4.78 is 43.1. The maximum Gasteiger partial charge on any atom is 0.405 e. The number of alkyl halides is 3. The number of amides is 1. The average molecular weight is 455 g/mol. The first-order valence-corrected chi connectivity index (χ1v) is 9.77. The first kappa shape index (κ1) is 21.2. The van der Waals surface area contributed by atoms with Crippen molar-refractivity contribution in [3.8, 4) is 0 Å². The molecule has 1 saturated heterocycles. The highest BCUT2D eigenvalue weighted by atomic mass is 35.5. The van der Waals surface area contributed by atoms with Crippen LogP contribution in [0.15, 0.2) is 30.5 Å². The van der Waals surface area contributed by atoms with Gasteiger partial charge in [0, 0.05) is 25.0 Å². The van der Waals surface area contributed by atoms with Crippen molar-refractivity contribution in [1.82, 2.24) is 19.9 Å². The van der Waals surface area contributed by atoms with Crippen molar-refractivity contribution in [2.24, 2.45) is 0 Å². The molecule has 8 nitrogen and oxygen atoms in total. The molecule has 0 saturated carbocycles. The van der Waals surface area contributed by atoms with Crippen LogP contribution >= 0.6 is 11.6 Å². The first-order chi connectivity index (χ1) is 14.8. The number of benzene rings is 1. The Kier molecular flexibility index (Phi) is 5.88. The Bertz CT molecular complexity index is 1100. The van der Waals surface area contributed by atoms with Gasteiger partial charge in [0.15, 0.2) is 0 Å². The van der Waals surface area contributed by atoms with Gasteiger partial charge in [-0.2, -0.15) is 23.1 Å². The third-order valence-electron chi connectivity index (χ3n) is 4.63. The molecule has 164 valence electrons. The molecule has 0 spiro atoms. The van der Waals surface area contributed by atoms with E-state index in [2.05, 4.69) is 25.6 Å². The lowest BCUT2D eigenvalue weighted by molar-refractivity contribution is -0.115. The SMILES string of the molecule is O=C(c1ccc(Nc2nc(NCC(F)(F)F)c3cc[nH]c3n2)cc1Cl)N1CCOCC1. The molecule has 1 aliphatic heterocycles. The molecular weight excluding hydrogens is 437 g/mol. The molecule has 3 heterocycles. The van der Waals surface area contributed by atoms with E-state index in [4.69, 9.17) is 16.3 Å². The lowest BCUT2D eigenvalue weighted by Crippen LogP contribution is -2.40. The minimum absolute atomic E-state index is 0.0382. The van der Waals surface area contributed by atoms with Gasteiger partial charge in [-0.25, -0.2) is 0 Å². The Morgan fingerprint density at radius 3 is 2.71 bits per heavy atom. The molecule has 0 bridgehead atoms. The van der Waals surface area contributed by atoms with Gasteiger partial charge in [0.1, 0.15) is 18.0 Å². The van der Waals surface area contributed by atoms with Crippen LogP contribution in [0.5, 0.6) is 0 Å². The van der Waals surface area contributed by atoms with Crippen LogP contribution in [0.3, 0.4) is 0 Å². The summed E-state index contributed by atoms with van der Waals surface area (Å²) in [6.45, 7) is 0.714. The summed E-state index contributed by atoms with van der Waals surface area (Å²) >= 11 is 6.32. The largest absolute Gasteiger partial charge is 0.405 e. The molecule has 0 atom stereocenters. The van der Waals surface area contributed by atoms with Crippen LogP contribution in [0.1, 0.15) is 10.4 Å². The van der Waals surface area contributed by atoms with Gasteiger partial charge >= 0.3 is 6.18 Å². The maximum absolute atomic E-state index is 12.6. The van der Waals surface area contributed by atoms with E-state index in [1.54, 1.807) is 35.4 Å². The third-order valence-corrected chi connectivity index (χ3v) is 4.94. The summed E-state index contributed by atoms with van der Waals surface area (Å²) in [7, 11) is 0. The zero-order valence-electron chi connectivity index (χ0n) is 16.1. The predicted molar refractivity (Wildman–Crippen MR) is 110 cm³/mol. The van der Waals surface area contributed by atoms with E-state index in [9.17, 15) is 18.0 Å². The number of aromatic amines is 1. The summed E-state index contributed by atoms with van der Waals surface area (Å²) in [6, 6.07) is 6.34. The number of morpholine rings is 1. The number of nitrogens with one attached hydrogen (secondary N) is 3. The molecule has 2 aromatic heterocycles. The molecule has 3 aromatic rings. The molecule has 0 aliphatic carbocycles. The van der Waals surface area contributed by atoms with E-state index in [1.807, 2.05) is 0 Å². The summed E-state index contributed by atoms with van der Waals surface area (Å²) in [6.07, 6.45) is -2.83. The number of H-pyrrole nitrogens is 1. The molecule has 3 N–H and O–H groups in total. The van der Waals surface area contributed by atoms with Crippen molar-refractivity contribution in [1.29, 1.82) is 0 Å². The zero-order valence-corrected chi connectivity index (χ0v) is 16.8. The second-order valence-electron chi connectivity index (χ2n) is 6.83. The van der Waals surface area contributed by atoms with Crippen molar-refractivity contribution in [3.63, 3.8) is 0 Å². The Hall–Kier alpha value is -3.05. The lowest BCUT2D eigenvalue weighted by atomic mass is 10.1. The summed E-state index contributed by atoms with van der Waals surface area (Å²) in [4.78, 5) is 25.6. The monoisotopic (exact) mass is 454 g/mol. The predicted octanol–water partition coefficient (Wildman–Crippen LogP) is 3.80. The minimum atomic E-state index is -4.39. The number of halogens is 4. The highest BCUT2D eigenvalue weighted by Crippen LogP contribution is 2.27. The number of fused-ring (bicyclic) bond motifs is 1. The second kappa shape index (κ2) is 8.60. The molecule has 1 amide bonds. The van der Waals surface area contributed by atoms with E-state index in [0.717, 1.165) is 0 Å². The second-order valence-corrected chi connectivity index (χ2v) is 7.24. The summed E-state index contributed by atoms with van der Waals surface area (Å²) in [5.41, 5.74) is 1.20. The van der Waals surface area contributed by atoms with Crippen LogP contribution in [0.2, 0.25) is 5.02 Å². The van der Waals surface area contributed by atoms with Crippen molar-refractivity contribution in [2.75, 3.05) is 43.5 Å². The third kappa shape index (κ3) is 5.00. The summed E-state index contributed by atoms with van der Waals surface area (Å²) in [5, 5.41) is 5.87. The fourth-order valence-electron chi connectivity index (χ4n) is 3.15. The maximum atomic E-state index is 12.6. The van der Waals surface area contributed by atoms with Crippen molar-refractivity contribution < 1.29 is 22.7 Å². The van der Waals surface area contributed by atoms with E-state index >= 15 is 0 Å². The molecule has 4 rings (SSSR count). The average Bonchev–Trinajstić information content (AvgIpc) is 3.20. The smallest absolute Gasteiger partial charge is 0.378 e. The number of carbonyl (C=O) groups excluding carboxylic acids is 1. The number of hydrogen-bond donors (Lipinski definition) is 3. The summed E-state index contributed by atoms with van der Waals surface area (Å²) in [5.74, 6) is -0.0817. The van der Waals surface area contributed by atoms with Gasteiger partial charge < -0.3 is 25.3 Å². The Morgan fingerprint density at radius 1 is 1.23 bits per heavy atom. The molecule has 31 heavy (non-hydrogen) atoms. The molecule has 0 radical (unpaired) electrons. The number of anilines is 3. The standard InChI is InChI=1S/C19H18ClF3N6O2/c20-14-9-11(1-2-12(14)17(30)29-5-7-31-8-6-29)26-18-27-15-13(3-4-24-15)16(28-18)25-10-19(21,22)23/h1-4,9H,5-8,10H2,(H3,24,25,26,27,28). The van der Waals surface area contributed by atoms with Crippen molar-refractivity contribution >= 4 is 46.0 Å². The Labute approximate surface area is 179 Å². The number of nitrogens with zero attached hydrogens (tertiary/aromatic N) is 3. The van der Waals surface area contributed by atoms with E-state index in [0.29, 0.717) is 48.6 Å².